The third-order valence-corrected chi connectivity index (χ3v) is 4.58. The van der Waals surface area contributed by atoms with Gasteiger partial charge in [-0.05, 0) is 43.5 Å². The Labute approximate surface area is 171 Å². The Bertz CT molecular complexity index is 621. The third kappa shape index (κ3) is 10.7. The molecule has 2 aromatic rings. The van der Waals surface area contributed by atoms with Gasteiger partial charge < -0.3 is 14.6 Å². The van der Waals surface area contributed by atoms with Crippen LogP contribution >= 0.6 is 0 Å². The number of rotatable bonds is 5. The number of H-pyrrole nitrogens is 1. The predicted molar refractivity (Wildman–Crippen MR) is 120 cm³/mol. The zero-order valence-corrected chi connectivity index (χ0v) is 17.0. The first kappa shape index (κ1) is 25.7. The summed E-state index contributed by atoms with van der Waals surface area (Å²) in [7, 11) is 1.71. The summed E-state index contributed by atoms with van der Waals surface area (Å²) in [5, 5.41) is 0. The van der Waals surface area contributed by atoms with E-state index in [2.05, 4.69) is 54.6 Å². The average molecular weight is 387 g/mol. The highest BCUT2D eigenvalue weighted by Crippen LogP contribution is 2.18. The number of methoxy groups -OCH3 is 1. The molecule has 0 aliphatic carbocycles. The lowest BCUT2D eigenvalue weighted by Gasteiger charge is -2.30. The van der Waals surface area contributed by atoms with Crippen LogP contribution in [0.1, 0.15) is 55.1 Å². The average Bonchev–Trinajstić information content (AvgIpc) is 3.25. The lowest BCUT2D eigenvalue weighted by atomic mass is 9.96. The first-order chi connectivity index (χ1) is 13.1. The molecule has 0 spiro atoms. The lowest BCUT2D eigenvalue weighted by Crippen LogP contribution is -2.30. The summed E-state index contributed by atoms with van der Waals surface area (Å²) in [5.41, 5.74) is 3.22. The van der Waals surface area contributed by atoms with Crippen molar-refractivity contribution in [2.24, 2.45) is 5.92 Å². The van der Waals surface area contributed by atoms with Gasteiger partial charge in [-0.15, -0.1) is 0 Å². The number of aryl methyl sites for hydroxylation is 1. The summed E-state index contributed by atoms with van der Waals surface area (Å²) in [6, 6.07) is 10.1. The second-order valence-electron chi connectivity index (χ2n) is 6.77. The minimum atomic E-state index is 0. The molecule has 1 aliphatic rings. The van der Waals surface area contributed by atoms with Crippen LogP contribution in [-0.4, -0.2) is 36.4 Å². The van der Waals surface area contributed by atoms with Crippen LogP contribution in [0, 0.1) is 12.8 Å². The van der Waals surface area contributed by atoms with Crippen LogP contribution in [0.3, 0.4) is 0 Å². The van der Waals surface area contributed by atoms with Gasteiger partial charge in [0, 0.05) is 38.2 Å². The van der Waals surface area contributed by atoms with E-state index in [-0.39, 0.29) is 7.43 Å². The Balaban J connectivity index is 0.000000390. The zero-order valence-electron chi connectivity index (χ0n) is 17.0. The number of nitrogens with one attached hydrogen (secondary N) is 1. The van der Waals surface area contributed by atoms with Crippen LogP contribution in [0.4, 0.5) is 0 Å². The highest BCUT2D eigenvalue weighted by molar-refractivity contribution is 5.73. The maximum Gasteiger partial charge on any atom is 0.151 e. The number of hydrogen-bond donors (Lipinski definition) is 1. The number of likely N-dealkylation sites (tertiary alicyclic amines) is 1. The number of aldehydes is 1. The monoisotopic (exact) mass is 386 g/mol. The third-order valence-electron chi connectivity index (χ3n) is 4.58. The highest BCUT2D eigenvalue weighted by Gasteiger charge is 2.14. The Kier molecular flexibility index (Phi) is 14.4. The molecule has 1 N–H and O–H groups in total. The molecule has 1 saturated heterocycles. The summed E-state index contributed by atoms with van der Waals surface area (Å²) in [5.74, 6) is 0.923. The van der Waals surface area contributed by atoms with Crippen molar-refractivity contribution >= 4 is 6.29 Å². The smallest absolute Gasteiger partial charge is 0.151 e. The molecule has 1 atom stereocenters. The molecule has 0 radical (unpaired) electrons. The SMILES string of the molecule is C.C=CN1CCCC(CC)C1.COCc1ccc(C)cc1.O=Cc1cc[nH]c1. The molecule has 28 heavy (non-hydrogen) atoms. The second kappa shape index (κ2) is 15.7. The lowest BCUT2D eigenvalue weighted by molar-refractivity contribution is 0.112. The van der Waals surface area contributed by atoms with Gasteiger partial charge in [0.25, 0.3) is 0 Å². The molecular weight excluding hydrogens is 348 g/mol. The summed E-state index contributed by atoms with van der Waals surface area (Å²) in [6.45, 7) is 11.3. The Morgan fingerprint density at radius 1 is 1.29 bits per heavy atom. The number of benzene rings is 1. The van der Waals surface area contributed by atoms with Gasteiger partial charge in [0.15, 0.2) is 6.29 Å². The van der Waals surface area contributed by atoms with Crippen molar-refractivity contribution < 1.29 is 9.53 Å². The normalized spacial score (nSPS) is 15.1. The largest absolute Gasteiger partial charge is 0.380 e. The van der Waals surface area contributed by atoms with Crippen molar-refractivity contribution in [2.45, 2.75) is 47.1 Å². The van der Waals surface area contributed by atoms with E-state index in [1.54, 1.807) is 25.6 Å². The van der Waals surface area contributed by atoms with Gasteiger partial charge in [-0.1, -0.05) is 57.2 Å². The molecule has 1 unspecified atom stereocenters. The molecule has 1 aromatic heterocycles. The summed E-state index contributed by atoms with van der Waals surface area (Å²) >= 11 is 0. The Morgan fingerprint density at radius 2 is 2.00 bits per heavy atom. The van der Waals surface area contributed by atoms with Crippen LogP contribution in [0.5, 0.6) is 0 Å². The van der Waals surface area contributed by atoms with Crippen LogP contribution in [-0.2, 0) is 11.3 Å². The number of hydrogen-bond acceptors (Lipinski definition) is 3. The molecule has 0 bridgehead atoms. The number of ether oxygens (including phenoxy) is 1. The maximum absolute atomic E-state index is 9.85. The van der Waals surface area contributed by atoms with Gasteiger partial charge in [0.2, 0.25) is 0 Å². The molecule has 4 nitrogen and oxygen atoms in total. The van der Waals surface area contributed by atoms with Crippen LogP contribution in [0.25, 0.3) is 0 Å². The summed E-state index contributed by atoms with van der Waals surface area (Å²) in [6.07, 6.45) is 10.2. The Hall–Kier alpha value is -2.33. The molecule has 3 rings (SSSR count). The van der Waals surface area contributed by atoms with E-state index < -0.39 is 0 Å². The van der Waals surface area contributed by atoms with Gasteiger partial charge in [-0.25, -0.2) is 0 Å². The summed E-state index contributed by atoms with van der Waals surface area (Å²) in [4.78, 5) is 14.9. The van der Waals surface area contributed by atoms with E-state index in [0.29, 0.717) is 12.2 Å². The van der Waals surface area contributed by atoms with Crippen molar-refractivity contribution in [1.82, 2.24) is 9.88 Å². The van der Waals surface area contributed by atoms with Gasteiger partial charge in [-0.3, -0.25) is 4.79 Å². The highest BCUT2D eigenvalue weighted by atomic mass is 16.5. The van der Waals surface area contributed by atoms with Crippen LogP contribution in [0.15, 0.2) is 55.5 Å². The fraction of sp³-hybridized carbons (Fsp3) is 0.458. The summed E-state index contributed by atoms with van der Waals surface area (Å²) < 4.78 is 4.97. The number of piperidine rings is 1. The molecule has 156 valence electrons. The van der Waals surface area contributed by atoms with Crippen molar-refractivity contribution in [3.05, 3.63) is 72.2 Å². The van der Waals surface area contributed by atoms with Crippen molar-refractivity contribution in [3.63, 3.8) is 0 Å². The molecule has 1 aromatic carbocycles. The number of carbonyl (C=O) groups excluding carboxylic acids is 1. The topological polar surface area (TPSA) is 45.3 Å². The van der Waals surface area contributed by atoms with Crippen molar-refractivity contribution in [2.75, 3.05) is 20.2 Å². The van der Waals surface area contributed by atoms with Gasteiger partial charge >= 0.3 is 0 Å². The van der Waals surface area contributed by atoms with Gasteiger partial charge in [0.1, 0.15) is 0 Å². The van der Waals surface area contributed by atoms with Crippen molar-refractivity contribution in [3.8, 4) is 0 Å². The van der Waals surface area contributed by atoms with E-state index in [4.69, 9.17) is 4.74 Å². The Morgan fingerprint density at radius 3 is 2.46 bits per heavy atom. The molecule has 4 heteroatoms. The van der Waals surface area contributed by atoms with Crippen LogP contribution in [0.2, 0.25) is 0 Å². The van der Waals surface area contributed by atoms with Crippen molar-refractivity contribution in [1.29, 1.82) is 0 Å². The fourth-order valence-electron chi connectivity index (χ4n) is 2.86. The predicted octanol–water partition coefficient (Wildman–Crippen LogP) is 5.86. The molecule has 2 heterocycles. The van der Waals surface area contributed by atoms with E-state index in [1.807, 2.05) is 6.20 Å². The van der Waals surface area contributed by atoms with Gasteiger partial charge in [0.05, 0.1) is 6.61 Å². The standard InChI is InChI=1S/C9H17N.C9H12O.C5H5NO.CH4/c1-3-9-6-5-7-10(4-2)8-9;1-8-3-5-9(6-4-8)7-10-2;7-4-5-1-2-6-3-5;/h4,9H,2-3,5-8H2,1H3;3-6H,7H2,1-2H3;1-4,6H;1H4. The zero-order chi connectivity index (χ0) is 19.9. The molecule has 1 fully saturated rings. The number of aromatic nitrogens is 1. The minimum Gasteiger partial charge on any atom is -0.380 e. The van der Waals surface area contributed by atoms with Gasteiger partial charge in [-0.2, -0.15) is 0 Å². The first-order valence-electron chi connectivity index (χ1n) is 9.62. The fourth-order valence-corrected chi connectivity index (χ4v) is 2.86. The van der Waals surface area contributed by atoms with E-state index in [1.165, 1.54) is 43.5 Å². The quantitative estimate of drug-likeness (QED) is 0.655. The maximum atomic E-state index is 9.85. The number of carbonyl (C=O) groups is 1. The number of nitrogens with zero attached hydrogens (tertiary/aromatic N) is 1. The molecule has 1 aliphatic heterocycles. The van der Waals surface area contributed by atoms with E-state index in [9.17, 15) is 4.79 Å². The first-order valence-corrected chi connectivity index (χ1v) is 9.62. The molecular formula is C24H38N2O2. The van der Waals surface area contributed by atoms with E-state index >= 15 is 0 Å². The second-order valence-corrected chi connectivity index (χ2v) is 6.77. The number of aromatic amines is 1. The minimum absolute atomic E-state index is 0. The van der Waals surface area contributed by atoms with Crippen LogP contribution < -0.4 is 0 Å². The molecule has 0 amide bonds. The molecule has 0 saturated carbocycles. The van der Waals surface area contributed by atoms with E-state index in [0.717, 1.165) is 12.2 Å².